The Kier molecular flexibility index (Phi) is 4.18. The van der Waals surface area contributed by atoms with Gasteiger partial charge in [0.1, 0.15) is 0 Å². The number of thiocarbonyl (C=S) groups is 1. The molecule has 0 spiro atoms. The van der Waals surface area contributed by atoms with Crippen LogP contribution < -0.4 is 10.6 Å². The van der Waals surface area contributed by atoms with Gasteiger partial charge in [-0.05, 0) is 29.9 Å². The molecule has 1 aromatic rings. The predicted molar refractivity (Wildman–Crippen MR) is 62.6 cm³/mol. The van der Waals surface area contributed by atoms with Gasteiger partial charge in [0.15, 0.2) is 5.11 Å². The van der Waals surface area contributed by atoms with Crippen LogP contribution in [0, 0.1) is 0 Å². The average Bonchev–Trinajstić information content (AvgIpc) is 2.16. The summed E-state index contributed by atoms with van der Waals surface area (Å²) in [6, 6.07) is 8.13. The van der Waals surface area contributed by atoms with Crippen LogP contribution in [0.15, 0.2) is 28.7 Å². The summed E-state index contributed by atoms with van der Waals surface area (Å²) in [5, 5.41) is 6.60. The summed E-state index contributed by atoms with van der Waals surface area (Å²) in [6.07, 6.45) is 0. The van der Waals surface area contributed by atoms with E-state index in [4.69, 9.17) is 12.2 Å². The molecule has 0 amide bonds. The highest BCUT2D eigenvalue weighted by atomic mass is 79.9. The fourth-order valence-corrected chi connectivity index (χ4v) is 1.21. The van der Waals surface area contributed by atoms with Crippen LogP contribution >= 0.6 is 28.1 Å². The molecular weight excluding hydrogens is 248 g/mol. The maximum absolute atomic E-state index is 4.95. The fourth-order valence-electron chi connectivity index (χ4n) is 0.873. The van der Waals surface area contributed by atoms with Crippen LogP contribution in [0.25, 0.3) is 0 Å². The van der Waals surface area contributed by atoms with Gasteiger partial charge >= 0.3 is 0 Å². The number of benzene rings is 1. The van der Waals surface area contributed by atoms with Gasteiger partial charge in [-0.15, -0.1) is 0 Å². The van der Waals surface area contributed by atoms with Gasteiger partial charge in [-0.3, -0.25) is 0 Å². The van der Waals surface area contributed by atoms with Crippen molar-refractivity contribution in [3.8, 4) is 0 Å². The Morgan fingerprint density at radius 1 is 1.38 bits per heavy atom. The zero-order valence-corrected chi connectivity index (χ0v) is 9.71. The van der Waals surface area contributed by atoms with E-state index in [0.717, 1.165) is 11.0 Å². The van der Waals surface area contributed by atoms with Crippen LogP contribution in [0.5, 0.6) is 0 Å². The van der Waals surface area contributed by atoms with Gasteiger partial charge < -0.3 is 10.6 Å². The van der Waals surface area contributed by atoms with Gasteiger partial charge in [-0.25, -0.2) is 0 Å². The van der Waals surface area contributed by atoms with Gasteiger partial charge in [-0.2, -0.15) is 0 Å². The molecule has 0 aliphatic rings. The summed E-state index contributed by atoms with van der Waals surface area (Å²) in [5.74, 6) is 0. The highest BCUT2D eigenvalue weighted by molar-refractivity contribution is 9.10. The molecular formula is C9H11BrN2S. The van der Waals surface area contributed by atoms with E-state index in [0.29, 0.717) is 5.11 Å². The molecule has 0 atom stereocenters. The first-order chi connectivity index (χ1) is 6.22. The number of hydrogen-bond acceptors (Lipinski definition) is 1. The van der Waals surface area contributed by atoms with Crippen molar-refractivity contribution >= 4 is 33.3 Å². The van der Waals surface area contributed by atoms with Crippen LogP contribution in [-0.2, 0) is 6.54 Å². The van der Waals surface area contributed by atoms with Crippen molar-refractivity contribution in [3.05, 3.63) is 34.3 Å². The summed E-state index contributed by atoms with van der Waals surface area (Å²) in [5.41, 5.74) is 1.21. The zero-order chi connectivity index (χ0) is 9.68. The second-order valence-corrected chi connectivity index (χ2v) is 3.88. The first-order valence-electron chi connectivity index (χ1n) is 3.92. The minimum atomic E-state index is 0.669. The molecule has 4 heteroatoms. The van der Waals surface area contributed by atoms with Crippen molar-refractivity contribution in [1.82, 2.24) is 10.6 Å². The van der Waals surface area contributed by atoms with Crippen LogP contribution in [0.1, 0.15) is 5.56 Å². The number of halogens is 1. The highest BCUT2D eigenvalue weighted by Gasteiger charge is 1.93. The van der Waals surface area contributed by atoms with Crippen molar-refractivity contribution in [2.75, 3.05) is 7.05 Å². The molecule has 2 nitrogen and oxygen atoms in total. The lowest BCUT2D eigenvalue weighted by Crippen LogP contribution is -2.31. The van der Waals surface area contributed by atoms with Crippen molar-refractivity contribution in [2.45, 2.75) is 6.54 Å². The van der Waals surface area contributed by atoms with Gasteiger partial charge in [0.25, 0.3) is 0 Å². The summed E-state index contributed by atoms with van der Waals surface area (Å²) < 4.78 is 1.09. The molecule has 0 saturated heterocycles. The Hall–Kier alpha value is -0.610. The largest absolute Gasteiger partial charge is 0.366 e. The fraction of sp³-hybridized carbons (Fsp3) is 0.222. The second kappa shape index (κ2) is 5.19. The quantitative estimate of drug-likeness (QED) is 0.795. The third-order valence-electron chi connectivity index (χ3n) is 1.59. The molecule has 0 fully saturated rings. The van der Waals surface area contributed by atoms with Crippen molar-refractivity contribution in [2.24, 2.45) is 0 Å². The third-order valence-corrected chi connectivity index (χ3v) is 2.47. The molecule has 0 aromatic heterocycles. The maximum Gasteiger partial charge on any atom is 0.166 e. The van der Waals surface area contributed by atoms with Gasteiger partial charge in [0.2, 0.25) is 0 Å². The number of hydrogen-bond donors (Lipinski definition) is 2. The topological polar surface area (TPSA) is 24.1 Å². The second-order valence-electron chi connectivity index (χ2n) is 2.56. The third kappa shape index (κ3) is 3.74. The molecule has 1 rings (SSSR count). The van der Waals surface area contributed by atoms with E-state index in [1.54, 1.807) is 7.05 Å². The van der Waals surface area contributed by atoms with Gasteiger partial charge in [0.05, 0.1) is 0 Å². The van der Waals surface area contributed by atoms with Crippen LogP contribution in [0.4, 0.5) is 0 Å². The van der Waals surface area contributed by atoms with Crippen molar-refractivity contribution < 1.29 is 0 Å². The summed E-state index contributed by atoms with van der Waals surface area (Å²) >= 11 is 8.33. The zero-order valence-electron chi connectivity index (χ0n) is 7.30. The van der Waals surface area contributed by atoms with Crippen molar-refractivity contribution in [1.29, 1.82) is 0 Å². The van der Waals surface area contributed by atoms with Gasteiger partial charge in [-0.1, -0.05) is 28.1 Å². The van der Waals surface area contributed by atoms with E-state index < -0.39 is 0 Å². The minimum absolute atomic E-state index is 0.669. The Labute approximate surface area is 91.9 Å². The lowest BCUT2D eigenvalue weighted by atomic mass is 10.2. The van der Waals surface area contributed by atoms with Crippen molar-refractivity contribution in [3.63, 3.8) is 0 Å². The molecule has 0 radical (unpaired) electrons. The van der Waals surface area contributed by atoms with E-state index in [2.05, 4.69) is 38.7 Å². The standard InChI is InChI=1S/C9H11BrN2S/c1-11-9(13)12-6-7-2-4-8(10)5-3-7/h2-5H,6H2,1H3,(H2,11,12,13). The average molecular weight is 259 g/mol. The van der Waals surface area contributed by atoms with Crippen LogP contribution in [0.3, 0.4) is 0 Å². The van der Waals surface area contributed by atoms with E-state index >= 15 is 0 Å². The summed E-state index contributed by atoms with van der Waals surface area (Å²) in [4.78, 5) is 0. The molecule has 0 bridgehead atoms. The molecule has 13 heavy (non-hydrogen) atoms. The van der Waals surface area contributed by atoms with E-state index in [-0.39, 0.29) is 0 Å². The first-order valence-corrected chi connectivity index (χ1v) is 5.12. The highest BCUT2D eigenvalue weighted by Crippen LogP contribution is 2.09. The molecule has 0 aliphatic carbocycles. The molecule has 0 heterocycles. The molecule has 2 N–H and O–H groups in total. The molecule has 0 aliphatic heterocycles. The lowest BCUT2D eigenvalue weighted by Gasteiger charge is -2.06. The Balaban J connectivity index is 2.46. The maximum atomic E-state index is 4.95. The number of rotatable bonds is 2. The Morgan fingerprint density at radius 2 is 2.00 bits per heavy atom. The molecule has 0 unspecified atom stereocenters. The first kappa shape index (κ1) is 10.5. The normalized spacial score (nSPS) is 9.38. The van der Waals surface area contributed by atoms with E-state index in [1.807, 2.05) is 12.1 Å². The summed E-state index contributed by atoms with van der Waals surface area (Å²) in [7, 11) is 1.80. The Bertz CT molecular complexity index is 284. The lowest BCUT2D eigenvalue weighted by molar-refractivity contribution is 0.890. The predicted octanol–water partition coefficient (Wildman–Crippen LogP) is 2.04. The molecule has 70 valence electrons. The number of nitrogens with one attached hydrogen (secondary N) is 2. The van der Waals surface area contributed by atoms with Crippen LogP contribution in [0.2, 0.25) is 0 Å². The monoisotopic (exact) mass is 258 g/mol. The smallest absolute Gasteiger partial charge is 0.166 e. The Morgan fingerprint density at radius 3 is 2.54 bits per heavy atom. The SMILES string of the molecule is CNC(=S)NCc1ccc(Br)cc1. The van der Waals surface area contributed by atoms with Gasteiger partial charge in [0, 0.05) is 18.1 Å². The molecule has 0 saturated carbocycles. The summed E-state index contributed by atoms with van der Waals surface area (Å²) in [6.45, 7) is 0.757. The minimum Gasteiger partial charge on any atom is -0.366 e. The van der Waals surface area contributed by atoms with Crippen LogP contribution in [-0.4, -0.2) is 12.2 Å². The van der Waals surface area contributed by atoms with E-state index in [1.165, 1.54) is 5.56 Å². The van der Waals surface area contributed by atoms with E-state index in [9.17, 15) is 0 Å². The molecule has 1 aromatic carbocycles.